The SMILES string of the molecule is Cc1c(CCl)ccn2c(CC3CC3)nnc12. The molecule has 0 amide bonds. The topological polar surface area (TPSA) is 30.2 Å². The van der Waals surface area contributed by atoms with E-state index in [9.17, 15) is 0 Å². The molecule has 0 radical (unpaired) electrons. The zero-order valence-corrected chi connectivity index (χ0v) is 10.0. The van der Waals surface area contributed by atoms with Crippen molar-refractivity contribution in [2.24, 2.45) is 5.92 Å². The Labute approximate surface area is 99.4 Å². The van der Waals surface area contributed by atoms with Crippen LogP contribution >= 0.6 is 11.6 Å². The van der Waals surface area contributed by atoms with E-state index in [1.165, 1.54) is 12.8 Å². The van der Waals surface area contributed by atoms with Crippen LogP contribution in [0.1, 0.15) is 29.8 Å². The second-order valence-corrected chi connectivity index (χ2v) is 4.82. The van der Waals surface area contributed by atoms with Crippen LogP contribution in [0.2, 0.25) is 0 Å². The molecule has 0 spiro atoms. The van der Waals surface area contributed by atoms with Crippen molar-refractivity contribution in [3.05, 3.63) is 29.2 Å². The van der Waals surface area contributed by atoms with Crippen molar-refractivity contribution in [1.29, 1.82) is 0 Å². The second kappa shape index (κ2) is 3.74. The molecule has 0 atom stereocenters. The third-order valence-electron chi connectivity index (χ3n) is 3.32. The minimum atomic E-state index is 0.535. The first-order valence-corrected chi connectivity index (χ1v) is 6.21. The number of hydrogen-bond donors (Lipinski definition) is 0. The molecule has 1 aliphatic rings. The van der Waals surface area contributed by atoms with Gasteiger partial charge in [-0.25, -0.2) is 0 Å². The smallest absolute Gasteiger partial charge is 0.164 e. The highest BCUT2D eigenvalue weighted by Crippen LogP contribution is 2.32. The Bertz CT molecular complexity index is 528. The molecule has 3 nitrogen and oxygen atoms in total. The molecule has 84 valence electrons. The lowest BCUT2D eigenvalue weighted by atomic mass is 10.2. The average molecular weight is 236 g/mol. The molecule has 0 N–H and O–H groups in total. The molecule has 1 saturated carbocycles. The molecule has 1 aliphatic carbocycles. The molecule has 2 aromatic heterocycles. The highest BCUT2D eigenvalue weighted by Gasteiger charge is 2.24. The fraction of sp³-hybridized carbons (Fsp3) is 0.500. The highest BCUT2D eigenvalue weighted by atomic mass is 35.5. The molecule has 4 heteroatoms. The molecule has 0 saturated heterocycles. The van der Waals surface area contributed by atoms with E-state index in [1.54, 1.807) is 0 Å². The molecule has 1 fully saturated rings. The molecule has 16 heavy (non-hydrogen) atoms. The summed E-state index contributed by atoms with van der Waals surface area (Å²) in [5.41, 5.74) is 3.24. The van der Waals surface area contributed by atoms with Crippen molar-refractivity contribution in [2.45, 2.75) is 32.1 Å². The predicted octanol–water partition coefficient (Wildman–Crippen LogP) is 2.73. The Morgan fingerprint density at radius 3 is 2.94 bits per heavy atom. The van der Waals surface area contributed by atoms with Gasteiger partial charge in [0.25, 0.3) is 0 Å². The monoisotopic (exact) mass is 235 g/mol. The summed E-state index contributed by atoms with van der Waals surface area (Å²) >= 11 is 5.88. The Hall–Kier alpha value is -1.09. The molecule has 2 aromatic rings. The van der Waals surface area contributed by atoms with Crippen molar-refractivity contribution < 1.29 is 0 Å². The van der Waals surface area contributed by atoms with Gasteiger partial charge in [-0.15, -0.1) is 21.8 Å². The standard InChI is InChI=1S/C12H14ClN3/c1-8-10(7-13)4-5-16-11(6-9-2-3-9)14-15-12(8)16/h4-5,9H,2-3,6-7H2,1H3. The van der Waals surface area contributed by atoms with Gasteiger partial charge in [0.15, 0.2) is 5.65 Å². The maximum absolute atomic E-state index is 5.88. The van der Waals surface area contributed by atoms with E-state index < -0.39 is 0 Å². The van der Waals surface area contributed by atoms with Crippen LogP contribution in [0.15, 0.2) is 12.3 Å². The van der Waals surface area contributed by atoms with E-state index in [0.29, 0.717) is 5.88 Å². The molecule has 0 bridgehead atoms. The van der Waals surface area contributed by atoms with Gasteiger partial charge >= 0.3 is 0 Å². The Morgan fingerprint density at radius 1 is 1.44 bits per heavy atom. The van der Waals surface area contributed by atoms with E-state index >= 15 is 0 Å². The Balaban J connectivity index is 2.09. The van der Waals surface area contributed by atoms with Crippen LogP contribution in [0.4, 0.5) is 0 Å². The van der Waals surface area contributed by atoms with E-state index in [4.69, 9.17) is 11.6 Å². The summed E-state index contributed by atoms with van der Waals surface area (Å²) in [5.74, 6) is 2.45. The molecule has 2 heterocycles. The van der Waals surface area contributed by atoms with E-state index in [1.807, 2.05) is 6.20 Å². The number of hydrogen-bond acceptors (Lipinski definition) is 2. The maximum atomic E-state index is 5.88. The number of halogens is 1. The van der Waals surface area contributed by atoms with Gasteiger partial charge in [0, 0.05) is 18.5 Å². The van der Waals surface area contributed by atoms with Crippen LogP contribution in [-0.2, 0) is 12.3 Å². The molecular weight excluding hydrogens is 222 g/mol. The fourth-order valence-corrected chi connectivity index (χ4v) is 2.32. The van der Waals surface area contributed by atoms with Crippen LogP contribution in [0, 0.1) is 12.8 Å². The number of aromatic nitrogens is 3. The fourth-order valence-electron chi connectivity index (χ4n) is 2.03. The lowest BCUT2D eigenvalue weighted by molar-refractivity contribution is 0.757. The van der Waals surface area contributed by atoms with Gasteiger partial charge in [-0.05, 0) is 42.9 Å². The van der Waals surface area contributed by atoms with Crippen molar-refractivity contribution in [3.63, 3.8) is 0 Å². The van der Waals surface area contributed by atoms with Crippen LogP contribution in [0.25, 0.3) is 5.65 Å². The zero-order chi connectivity index (χ0) is 11.1. The number of pyridine rings is 1. The Kier molecular flexibility index (Phi) is 2.36. The molecule has 0 unspecified atom stereocenters. The summed E-state index contributed by atoms with van der Waals surface area (Å²) in [6.45, 7) is 2.06. The van der Waals surface area contributed by atoms with Gasteiger partial charge in [0.1, 0.15) is 5.82 Å². The molecule has 0 aliphatic heterocycles. The van der Waals surface area contributed by atoms with E-state index in [-0.39, 0.29) is 0 Å². The van der Waals surface area contributed by atoms with Gasteiger partial charge in [0.05, 0.1) is 0 Å². The number of alkyl halides is 1. The summed E-state index contributed by atoms with van der Waals surface area (Å²) in [7, 11) is 0. The van der Waals surface area contributed by atoms with Crippen molar-refractivity contribution in [2.75, 3.05) is 0 Å². The second-order valence-electron chi connectivity index (χ2n) is 4.56. The average Bonchev–Trinajstić information content (AvgIpc) is 3.00. The summed E-state index contributed by atoms with van der Waals surface area (Å²) in [5, 5.41) is 8.54. The third kappa shape index (κ3) is 1.59. The quantitative estimate of drug-likeness (QED) is 0.766. The van der Waals surface area contributed by atoms with Gasteiger partial charge in [-0.2, -0.15) is 0 Å². The minimum Gasteiger partial charge on any atom is -0.286 e. The maximum Gasteiger partial charge on any atom is 0.164 e. The number of fused-ring (bicyclic) bond motifs is 1. The van der Waals surface area contributed by atoms with Gasteiger partial charge in [-0.1, -0.05) is 0 Å². The first kappa shape index (κ1) is 10.1. The first-order chi connectivity index (χ1) is 7.79. The van der Waals surface area contributed by atoms with Crippen molar-refractivity contribution >= 4 is 17.2 Å². The van der Waals surface area contributed by atoms with Gasteiger partial charge in [-0.3, -0.25) is 4.40 Å². The summed E-state index contributed by atoms with van der Waals surface area (Å²) < 4.78 is 2.10. The summed E-state index contributed by atoms with van der Waals surface area (Å²) in [6.07, 6.45) is 5.78. The number of nitrogens with zero attached hydrogens (tertiary/aromatic N) is 3. The van der Waals surface area contributed by atoms with Crippen LogP contribution < -0.4 is 0 Å². The molecule has 0 aromatic carbocycles. The van der Waals surface area contributed by atoms with E-state index in [2.05, 4.69) is 27.6 Å². The first-order valence-electron chi connectivity index (χ1n) is 5.67. The van der Waals surface area contributed by atoms with E-state index in [0.717, 1.165) is 34.9 Å². The van der Waals surface area contributed by atoms with Crippen LogP contribution in [-0.4, -0.2) is 14.6 Å². The largest absolute Gasteiger partial charge is 0.286 e. The predicted molar refractivity (Wildman–Crippen MR) is 63.7 cm³/mol. The summed E-state index contributed by atoms with van der Waals surface area (Å²) in [6, 6.07) is 2.06. The van der Waals surface area contributed by atoms with Gasteiger partial charge < -0.3 is 0 Å². The summed E-state index contributed by atoms with van der Waals surface area (Å²) in [4.78, 5) is 0. The number of aryl methyl sites for hydroxylation is 1. The lowest BCUT2D eigenvalue weighted by Gasteiger charge is -2.04. The Morgan fingerprint density at radius 2 is 2.25 bits per heavy atom. The highest BCUT2D eigenvalue weighted by molar-refractivity contribution is 6.17. The molecular formula is C12H14ClN3. The molecule has 3 rings (SSSR count). The zero-order valence-electron chi connectivity index (χ0n) is 9.28. The van der Waals surface area contributed by atoms with Crippen LogP contribution in [0.5, 0.6) is 0 Å². The lowest BCUT2D eigenvalue weighted by Crippen LogP contribution is -1.98. The van der Waals surface area contributed by atoms with Crippen molar-refractivity contribution in [1.82, 2.24) is 14.6 Å². The number of rotatable bonds is 3. The van der Waals surface area contributed by atoms with Crippen LogP contribution in [0.3, 0.4) is 0 Å². The van der Waals surface area contributed by atoms with Crippen molar-refractivity contribution in [3.8, 4) is 0 Å². The van der Waals surface area contributed by atoms with Gasteiger partial charge in [0.2, 0.25) is 0 Å². The normalized spacial score (nSPS) is 15.9. The third-order valence-corrected chi connectivity index (χ3v) is 3.61. The minimum absolute atomic E-state index is 0.535.